The highest BCUT2D eigenvalue weighted by Crippen LogP contribution is 2.54. The molecule has 3 rings (SSSR count). The number of nitrogens with zero attached hydrogens (tertiary/aromatic N) is 3. The molecule has 0 saturated heterocycles. The summed E-state index contributed by atoms with van der Waals surface area (Å²) in [5.74, 6) is -1.82. The van der Waals surface area contributed by atoms with Crippen LogP contribution in [0.15, 0.2) is 23.3 Å². The lowest BCUT2D eigenvalue weighted by atomic mass is 10.1. The number of hydrogen-bond acceptors (Lipinski definition) is 5. The summed E-state index contributed by atoms with van der Waals surface area (Å²) in [7, 11) is 1.54. The van der Waals surface area contributed by atoms with Crippen molar-refractivity contribution in [3.05, 3.63) is 29.6 Å². The Morgan fingerprint density at radius 3 is 2.65 bits per heavy atom. The lowest BCUT2D eigenvalue weighted by Gasteiger charge is -2.28. The predicted molar refractivity (Wildman–Crippen MR) is 82.9 cm³/mol. The molecule has 2 aliphatic heterocycles. The number of amides is 3. The molecule has 0 radical (unpaired) electrons. The van der Waals surface area contributed by atoms with Crippen LogP contribution in [-0.4, -0.2) is 34.9 Å². The first-order valence-corrected chi connectivity index (χ1v) is 7.53. The van der Waals surface area contributed by atoms with Crippen molar-refractivity contribution in [1.29, 1.82) is 0 Å². The van der Waals surface area contributed by atoms with Crippen LogP contribution in [0.25, 0.3) is 0 Å². The molecule has 2 heterocycles. The molecule has 1 aromatic rings. The van der Waals surface area contributed by atoms with Crippen LogP contribution in [0, 0.1) is 5.82 Å². The molecule has 0 aliphatic carbocycles. The summed E-state index contributed by atoms with van der Waals surface area (Å²) < 4.78 is 13.7. The van der Waals surface area contributed by atoms with E-state index in [0.29, 0.717) is 11.3 Å². The number of likely N-dealkylation sites (N-methyl/N-ethyl adjacent to an activating group) is 1. The van der Waals surface area contributed by atoms with E-state index >= 15 is 0 Å². The number of hydrazone groups is 1. The Morgan fingerprint density at radius 1 is 1.35 bits per heavy atom. The fourth-order valence-corrected chi connectivity index (χ4v) is 4.04. The van der Waals surface area contributed by atoms with Gasteiger partial charge in [-0.1, -0.05) is 0 Å². The highest BCUT2D eigenvalue weighted by molar-refractivity contribution is 8.15. The van der Waals surface area contributed by atoms with Gasteiger partial charge in [0, 0.05) is 26.5 Å². The first-order chi connectivity index (χ1) is 10.8. The van der Waals surface area contributed by atoms with E-state index in [2.05, 4.69) is 10.4 Å². The van der Waals surface area contributed by atoms with Crippen LogP contribution in [0.2, 0.25) is 0 Å². The van der Waals surface area contributed by atoms with Crippen LogP contribution in [0.3, 0.4) is 0 Å². The summed E-state index contributed by atoms with van der Waals surface area (Å²) in [6, 6.07) is 3.94. The first-order valence-electron chi connectivity index (χ1n) is 6.71. The third-order valence-corrected chi connectivity index (χ3v) is 4.83. The van der Waals surface area contributed by atoms with E-state index in [1.807, 2.05) is 0 Å². The zero-order chi connectivity index (χ0) is 16.9. The van der Waals surface area contributed by atoms with E-state index < -0.39 is 22.5 Å². The van der Waals surface area contributed by atoms with Gasteiger partial charge < -0.3 is 10.2 Å². The number of hydrogen-bond donors (Lipinski definition) is 1. The number of nitrogens with one attached hydrogen (secondary N) is 1. The van der Waals surface area contributed by atoms with Crippen molar-refractivity contribution in [2.75, 3.05) is 11.9 Å². The van der Waals surface area contributed by atoms with Gasteiger partial charge in [0.25, 0.3) is 5.91 Å². The summed E-state index contributed by atoms with van der Waals surface area (Å²) in [4.78, 5) is 35.9. The number of anilines is 1. The highest BCUT2D eigenvalue weighted by atomic mass is 32.2. The van der Waals surface area contributed by atoms with Gasteiger partial charge in [0.05, 0.1) is 5.69 Å². The smallest absolute Gasteiger partial charge is 0.270 e. The van der Waals surface area contributed by atoms with E-state index in [4.69, 9.17) is 0 Å². The summed E-state index contributed by atoms with van der Waals surface area (Å²) >= 11 is 0.914. The van der Waals surface area contributed by atoms with Crippen LogP contribution in [0.4, 0.5) is 10.1 Å². The van der Waals surface area contributed by atoms with Crippen LogP contribution in [0.5, 0.6) is 0 Å². The maximum absolute atomic E-state index is 13.7. The lowest BCUT2D eigenvalue weighted by molar-refractivity contribution is -0.139. The molecule has 0 saturated carbocycles. The van der Waals surface area contributed by atoms with Gasteiger partial charge >= 0.3 is 0 Å². The first kappa shape index (κ1) is 15.5. The van der Waals surface area contributed by atoms with Crippen molar-refractivity contribution >= 4 is 40.3 Å². The number of halogens is 1. The molecule has 120 valence electrons. The second-order valence-corrected chi connectivity index (χ2v) is 6.37. The topological polar surface area (TPSA) is 82.1 Å². The molecular weight excluding hydrogens is 323 g/mol. The molecule has 1 atom stereocenters. The molecule has 0 fully saturated rings. The van der Waals surface area contributed by atoms with Gasteiger partial charge in [0.1, 0.15) is 5.82 Å². The maximum Gasteiger partial charge on any atom is 0.270 e. The highest BCUT2D eigenvalue weighted by Gasteiger charge is 2.60. The third kappa shape index (κ3) is 2.11. The molecular formula is C14H13FN4O3S. The third-order valence-electron chi connectivity index (χ3n) is 3.59. The summed E-state index contributed by atoms with van der Waals surface area (Å²) in [6.45, 7) is 2.55. The molecule has 0 bridgehead atoms. The molecule has 1 spiro atoms. The molecule has 23 heavy (non-hydrogen) atoms. The SMILES string of the molecule is CC(=O)NC1=NN(C(C)=O)[C@@]2(S1)C(=O)N(C)c1ccc(F)cc12. The normalized spacial score (nSPS) is 22.4. The Morgan fingerprint density at radius 2 is 2.04 bits per heavy atom. The molecule has 0 unspecified atom stereocenters. The van der Waals surface area contributed by atoms with Crippen molar-refractivity contribution in [3.8, 4) is 0 Å². The number of carbonyl (C=O) groups excluding carboxylic acids is 3. The minimum Gasteiger partial charge on any atom is -0.312 e. The van der Waals surface area contributed by atoms with Crippen molar-refractivity contribution < 1.29 is 18.8 Å². The van der Waals surface area contributed by atoms with Gasteiger partial charge in [-0.25, -0.2) is 4.39 Å². The van der Waals surface area contributed by atoms with Gasteiger partial charge in [0.2, 0.25) is 16.7 Å². The molecule has 3 amide bonds. The quantitative estimate of drug-likeness (QED) is 0.765. The number of carbonyl (C=O) groups is 3. The molecule has 9 heteroatoms. The van der Waals surface area contributed by atoms with E-state index in [9.17, 15) is 18.8 Å². The van der Waals surface area contributed by atoms with Gasteiger partial charge in [-0.05, 0) is 30.0 Å². The van der Waals surface area contributed by atoms with Crippen LogP contribution >= 0.6 is 11.8 Å². The molecule has 0 aromatic heterocycles. The number of fused-ring (bicyclic) bond motifs is 2. The number of benzene rings is 1. The Hall–Kier alpha value is -2.42. The van der Waals surface area contributed by atoms with Crippen LogP contribution in [-0.2, 0) is 19.3 Å². The second-order valence-electron chi connectivity index (χ2n) is 5.19. The zero-order valence-corrected chi connectivity index (χ0v) is 13.4. The van der Waals surface area contributed by atoms with E-state index in [1.54, 1.807) is 7.05 Å². The Labute approximate surface area is 135 Å². The van der Waals surface area contributed by atoms with E-state index in [1.165, 1.54) is 36.9 Å². The van der Waals surface area contributed by atoms with Crippen LogP contribution < -0.4 is 10.2 Å². The molecule has 7 nitrogen and oxygen atoms in total. The van der Waals surface area contributed by atoms with Crippen molar-refractivity contribution in [2.45, 2.75) is 18.7 Å². The largest absolute Gasteiger partial charge is 0.312 e. The van der Waals surface area contributed by atoms with Gasteiger partial charge in [0.15, 0.2) is 5.17 Å². The molecule has 1 N–H and O–H groups in total. The molecule has 2 aliphatic rings. The fourth-order valence-electron chi connectivity index (χ4n) is 2.69. The Kier molecular flexibility index (Phi) is 3.40. The number of rotatable bonds is 0. The van der Waals surface area contributed by atoms with Gasteiger partial charge in [-0.15, -0.1) is 5.10 Å². The Balaban J connectivity index is 2.18. The summed E-state index contributed by atoms with van der Waals surface area (Å²) in [5.41, 5.74) is 0.823. The second kappa shape index (κ2) is 5.05. The number of thioether (sulfide) groups is 1. The average Bonchev–Trinajstić information content (AvgIpc) is 2.93. The van der Waals surface area contributed by atoms with Gasteiger partial charge in [-0.2, -0.15) is 5.01 Å². The van der Waals surface area contributed by atoms with E-state index in [0.717, 1.165) is 16.8 Å². The monoisotopic (exact) mass is 336 g/mol. The summed E-state index contributed by atoms with van der Waals surface area (Å²) in [6.07, 6.45) is 0. The Bertz CT molecular complexity index is 781. The lowest BCUT2D eigenvalue weighted by Crippen LogP contribution is -2.47. The molecule has 1 aromatic carbocycles. The maximum atomic E-state index is 13.7. The number of amidine groups is 1. The predicted octanol–water partition coefficient (Wildman–Crippen LogP) is 0.957. The van der Waals surface area contributed by atoms with Crippen LogP contribution in [0.1, 0.15) is 19.4 Å². The van der Waals surface area contributed by atoms with Gasteiger partial charge in [-0.3, -0.25) is 14.4 Å². The average molecular weight is 336 g/mol. The minimum atomic E-state index is -1.53. The fraction of sp³-hybridized carbons (Fsp3) is 0.286. The summed E-state index contributed by atoms with van der Waals surface area (Å²) in [5, 5.41) is 7.62. The minimum absolute atomic E-state index is 0.117. The van der Waals surface area contributed by atoms with Crippen molar-refractivity contribution in [2.24, 2.45) is 5.10 Å². The van der Waals surface area contributed by atoms with Crippen molar-refractivity contribution in [1.82, 2.24) is 10.3 Å². The van der Waals surface area contributed by atoms with E-state index in [-0.39, 0.29) is 11.1 Å². The standard InChI is InChI=1S/C14H13FN4O3S/c1-7(20)16-13-17-19(8(2)21)14(23-13)10-6-9(15)4-5-11(10)18(3)12(14)22/h4-6H,1-3H3,(H,16,17,20)/t14-/m0/s1. The zero-order valence-electron chi connectivity index (χ0n) is 12.6. The van der Waals surface area contributed by atoms with Crippen molar-refractivity contribution in [3.63, 3.8) is 0 Å².